The van der Waals surface area contributed by atoms with Crippen molar-refractivity contribution in [3.63, 3.8) is 0 Å². The van der Waals surface area contributed by atoms with Crippen molar-refractivity contribution in [3.8, 4) is 0 Å². The minimum absolute atomic E-state index is 0. The van der Waals surface area contributed by atoms with E-state index < -0.39 is 0 Å². The first kappa shape index (κ1) is 27.1. The van der Waals surface area contributed by atoms with Crippen LogP contribution in [0.25, 0.3) is 14.4 Å². The third kappa shape index (κ3) is 4.98. The van der Waals surface area contributed by atoms with Crippen molar-refractivity contribution in [3.05, 3.63) is 157 Å². The summed E-state index contributed by atoms with van der Waals surface area (Å²) in [6, 6.07) is 31.6. The third-order valence-corrected chi connectivity index (χ3v) is 9.01. The fraction of sp³-hybridized carbons (Fsp3) is 0.143. The molecule has 0 atom stereocenters. The Hall–Kier alpha value is -2.44. The number of hydrogen-bond acceptors (Lipinski definition) is 0. The molecule has 0 spiro atoms. The summed E-state index contributed by atoms with van der Waals surface area (Å²) in [5.41, 5.74) is 11.8. The number of benzene rings is 4. The van der Waals surface area contributed by atoms with Gasteiger partial charge in [-0.1, -0.05) is 0 Å². The van der Waals surface area contributed by atoms with Gasteiger partial charge in [0.25, 0.3) is 0 Å². The molecule has 185 valence electrons. The maximum atomic E-state index is 2.55. The van der Waals surface area contributed by atoms with E-state index in [-0.39, 0.29) is 24.8 Å². The van der Waals surface area contributed by atoms with Crippen LogP contribution in [0.4, 0.5) is 0 Å². The Morgan fingerprint density at radius 1 is 0.632 bits per heavy atom. The number of fused-ring (bicyclic) bond motifs is 2. The van der Waals surface area contributed by atoms with Gasteiger partial charge in [0.1, 0.15) is 0 Å². The first-order valence-corrected chi connectivity index (χ1v) is 14.2. The van der Waals surface area contributed by atoms with E-state index in [1.54, 1.807) is 10.8 Å². The summed E-state index contributed by atoms with van der Waals surface area (Å²) in [6.45, 7) is 0. The zero-order chi connectivity index (χ0) is 24.1. The van der Waals surface area contributed by atoms with Crippen LogP contribution in [0, 0.1) is 10.4 Å². The van der Waals surface area contributed by atoms with Crippen LogP contribution in [0.5, 0.6) is 0 Å². The van der Waals surface area contributed by atoms with E-state index in [0.717, 1.165) is 19.3 Å². The molecule has 0 nitrogen and oxygen atoms in total. The molecule has 0 radical (unpaired) electrons. The van der Waals surface area contributed by atoms with E-state index in [1.807, 2.05) is 0 Å². The van der Waals surface area contributed by atoms with Gasteiger partial charge in [0.2, 0.25) is 0 Å². The van der Waals surface area contributed by atoms with Gasteiger partial charge in [0.15, 0.2) is 0 Å². The summed E-state index contributed by atoms with van der Waals surface area (Å²) in [5.74, 6) is 0. The monoisotopic (exact) mass is 607 g/mol. The van der Waals surface area contributed by atoms with Crippen molar-refractivity contribution in [2.24, 2.45) is 0 Å². The summed E-state index contributed by atoms with van der Waals surface area (Å²) in [5, 5.41) is 5.88. The Labute approximate surface area is 251 Å². The molecule has 4 aromatic rings. The second kappa shape index (κ2) is 11.4. The molecular formula is C35H27Cl2Zr. The standard InChI is InChI=1S/C35H27.2ClH.Zr/c1-3-9-24(10-4-1)19-26-15-16-29-22-33-32(31(29)21-26)23-30(20-25-11-5-2-6-12-25)34(28-17-18-28)35(33)27-13-7-8-14-27;;;/h1-13,15-16,21,23H,14,17-20H2;2*1H;/q;;;+2/p-2. The van der Waals surface area contributed by atoms with Gasteiger partial charge in [0.05, 0.1) is 0 Å². The van der Waals surface area contributed by atoms with Crippen molar-refractivity contribution in [1.82, 2.24) is 0 Å². The van der Waals surface area contributed by atoms with Gasteiger partial charge in [0, 0.05) is 0 Å². The van der Waals surface area contributed by atoms with E-state index in [2.05, 4.69) is 103 Å². The van der Waals surface area contributed by atoms with Crippen molar-refractivity contribution in [2.45, 2.75) is 32.1 Å². The molecular weight excluding hydrogens is 583 g/mol. The molecule has 38 heavy (non-hydrogen) atoms. The van der Waals surface area contributed by atoms with Gasteiger partial charge in [-0.2, -0.15) is 0 Å². The average molecular weight is 610 g/mol. The quantitative estimate of drug-likeness (QED) is 0.309. The molecule has 0 aromatic heterocycles. The van der Waals surface area contributed by atoms with E-state index in [4.69, 9.17) is 0 Å². The maximum absolute atomic E-state index is 2.55. The van der Waals surface area contributed by atoms with Crippen molar-refractivity contribution in [2.75, 3.05) is 0 Å². The van der Waals surface area contributed by atoms with Crippen LogP contribution in [0.1, 0.15) is 52.6 Å². The van der Waals surface area contributed by atoms with Crippen molar-refractivity contribution < 1.29 is 49.5 Å². The van der Waals surface area contributed by atoms with Gasteiger partial charge in [-0.15, -0.1) is 0 Å². The zero-order valence-electron chi connectivity index (χ0n) is 21.1. The predicted octanol–water partition coefficient (Wildman–Crippen LogP) is 0.468. The third-order valence-electron chi connectivity index (χ3n) is 7.74. The molecule has 0 unspecified atom stereocenters. The summed E-state index contributed by atoms with van der Waals surface area (Å²) in [7, 11) is 0. The van der Waals surface area contributed by atoms with Gasteiger partial charge < -0.3 is 24.8 Å². The molecule has 3 heteroatoms. The summed E-state index contributed by atoms with van der Waals surface area (Å²) >= 11 is 1.50. The van der Waals surface area contributed by atoms with Crippen LogP contribution < -0.4 is 35.3 Å². The first-order chi connectivity index (χ1) is 17.8. The fourth-order valence-electron chi connectivity index (χ4n) is 5.94. The number of halogens is 2. The van der Waals surface area contributed by atoms with E-state index in [1.165, 1.54) is 95.5 Å². The van der Waals surface area contributed by atoms with Crippen molar-refractivity contribution >= 4 is 14.4 Å². The van der Waals surface area contributed by atoms with Gasteiger partial charge in [-0.25, -0.2) is 0 Å². The SMILES string of the molecule is [Cl-].[Cl-].[Zr+2][C]1=c2ccc(Cc3ccccc3)cc2=c2cc(Cc3ccccc3)c(=C3CC3)c(C3=CC=CC3)c21. The molecule has 4 aromatic carbocycles. The summed E-state index contributed by atoms with van der Waals surface area (Å²) in [6.07, 6.45) is 12.4. The van der Waals surface area contributed by atoms with Crippen LogP contribution >= 0.6 is 0 Å². The van der Waals surface area contributed by atoms with E-state index in [9.17, 15) is 0 Å². The molecule has 1 fully saturated rings. The predicted molar refractivity (Wildman–Crippen MR) is 145 cm³/mol. The van der Waals surface area contributed by atoms with Crippen LogP contribution in [0.3, 0.4) is 0 Å². The molecule has 0 bridgehead atoms. The normalized spacial score (nSPS) is 14.4. The van der Waals surface area contributed by atoms with Crippen LogP contribution in [-0.2, 0) is 37.6 Å². The molecule has 0 amide bonds. The molecule has 0 saturated heterocycles. The minimum atomic E-state index is 0. The van der Waals surface area contributed by atoms with E-state index in [0.29, 0.717) is 0 Å². The van der Waals surface area contributed by atoms with E-state index >= 15 is 0 Å². The van der Waals surface area contributed by atoms with Crippen LogP contribution in [0.15, 0.2) is 103 Å². The zero-order valence-corrected chi connectivity index (χ0v) is 25.1. The van der Waals surface area contributed by atoms with Gasteiger partial charge >= 0.3 is 229 Å². The molecule has 0 heterocycles. The Morgan fingerprint density at radius 2 is 1.32 bits per heavy atom. The number of allylic oxidation sites excluding steroid dienone is 4. The Bertz CT molecular complexity index is 1790. The topological polar surface area (TPSA) is 0 Å². The summed E-state index contributed by atoms with van der Waals surface area (Å²) in [4.78, 5) is 0. The van der Waals surface area contributed by atoms with Gasteiger partial charge in [-0.05, 0) is 0 Å². The van der Waals surface area contributed by atoms with Crippen LogP contribution in [-0.4, -0.2) is 0 Å². The number of rotatable bonds is 5. The second-order valence-corrected chi connectivity index (χ2v) is 11.4. The molecule has 0 aliphatic heterocycles. The average Bonchev–Trinajstić information content (AvgIpc) is 3.53. The first-order valence-electron chi connectivity index (χ1n) is 13.0. The number of hydrogen-bond donors (Lipinski definition) is 0. The fourth-order valence-corrected chi connectivity index (χ4v) is 7.12. The molecule has 1 saturated carbocycles. The second-order valence-electron chi connectivity index (χ2n) is 10.2. The van der Waals surface area contributed by atoms with Gasteiger partial charge in [-0.3, -0.25) is 0 Å². The Kier molecular flexibility index (Phi) is 8.11. The molecule has 0 N–H and O–H groups in total. The van der Waals surface area contributed by atoms with Crippen molar-refractivity contribution in [1.29, 1.82) is 0 Å². The molecule has 3 aliphatic rings. The Morgan fingerprint density at radius 3 is 1.95 bits per heavy atom. The Balaban J connectivity index is 0.00000147. The summed E-state index contributed by atoms with van der Waals surface area (Å²) < 4.78 is 1.52. The molecule has 7 rings (SSSR count). The molecule has 3 aliphatic carbocycles. The van der Waals surface area contributed by atoms with Crippen LogP contribution in [0.2, 0.25) is 0 Å².